The third kappa shape index (κ3) is 4.32. The smallest absolute Gasteiger partial charge is 0.251 e. The van der Waals surface area contributed by atoms with Crippen molar-refractivity contribution in [2.75, 3.05) is 0 Å². The molecule has 0 unspecified atom stereocenters. The van der Waals surface area contributed by atoms with Gasteiger partial charge in [-0.1, -0.05) is 24.3 Å². The Hall–Kier alpha value is -3.73. The lowest BCUT2D eigenvalue weighted by Gasteiger charge is -2.08. The Kier molecular flexibility index (Phi) is 5.24. The SMILES string of the molecule is O=C(NCc1ccncc1)c1ccc(OCc2ccc3ccccc3n2)cc1. The highest BCUT2D eigenvalue weighted by atomic mass is 16.5. The molecule has 0 saturated carbocycles. The van der Waals surface area contributed by atoms with Crippen molar-refractivity contribution in [1.29, 1.82) is 0 Å². The number of rotatable bonds is 6. The van der Waals surface area contributed by atoms with Crippen LogP contribution >= 0.6 is 0 Å². The normalized spacial score (nSPS) is 10.6. The summed E-state index contributed by atoms with van der Waals surface area (Å²) in [6.45, 7) is 0.839. The molecule has 1 N–H and O–H groups in total. The van der Waals surface area contributed by atoms with Gasteiger partial charge in [-0.25, -0.2) is 4.98 Å². The number of amides is 1. The summed E-state index contributed by atoms with van der Waals surface area (Å²) in [6.07, 6.45) is 3.41. The molecule has 28 heavy (non-hydrogen) atoms. The monoisotopic (exact) mass is 369 g/mol. The molecule has 0 aliphatic rings. The molecule has 0 spiro atoms. The first-order chi connectivity index (χ1) is 13.8. The van der Waals surface area contributed by atoms with E-state index in [1.807, 2.05) is 48.5 Å². The summed E-state index contributed by atoms with van der Waals surface area (Å²) in [5, 5.41) is 4.00. The number of hydrogen-bond acceptors (Lipinski definition) is 4. The second-order valence-corrected chi connectivity index (χ2v) is 6.35. The van der Waals surface area contributed by atoms with E-state index in [1.54, 1.807) is 36.7 Å². The fourth-order valence-corrected chi connectivity index (χ4v) is 2.83. The van der Waals surface area contributed by atoms with E-state index in [2.05, 4.69) is 15.3 Å². The van der Waals surface area contributed by atoms with Crippen molar-refractivity contribution in [2.24, 2.45) is 0 Å². The zero-order chi connectivity index (χ0) is 19.2. The van der Waals surface area contributed by atoms with E-state index in [4.69, 9.17) is 4.74 Å². The van der Waals surface area contributed by atoms with Gasteiger partial charge in [-0.15, -0.1) is 0 Å². The Labute approximate surface area is 163 Å². The van der Waals surface area contributed by atoms with E-state index in [0.717, 1.165) is 22.2 Å². The molecule has 0 aliphatic heterocycles. The number of nitrogens with zero attached hydrogens (tertiary/aromatic N) is 2. The highest BCUT2D eigenvalue weighted by Gasteiger charge is 2.06. The minimum absolute atomic E-state index is 0.125. The van der Waals surface area contributed by atoms with E-state index in [0.29, 0.717) is 24.5 Å². The molecular weight excluding hydrogens is 350 g/mol. The van der Waals surface area contributed by atoms with Gasteiger partial charge in [0.1, 0.15) is 12.4 Å². The number of hydrogen-bond donors (Lipinski definition) is 1. The lowest BCUT2D eigenvalue weighted by molar-refractivity contribution is 0.0951. The summed E-state index contributed by atoms with van der Waals surface area (Å²) >= 11 is 0. The third-order valence-corrected chi connectivity index (χ3v) is 4.36. The fourth-order valence-electron chi connectivity index (χ4n) is 2.83. The van der Waals surface area contributed by atoms with Crippen LogP contribution < -0.4 is 10.1 Å². The summed E-state index contributed by atoms with van der Waals surface area (Å²) in [5.41, 5.74) is 3.40. The Morgan fingerprint density at radius 3 is 2.50 bits per heavy atom. The van der Waals surface area contributed by atoms with Crippen molar-refractivity contribution in [3.63, 3.8) is 0 Å². The molecule has 1 amide bonds. The predicted molar refractivity (Wildman–Crippen MR) is 108 cm³/mol. The van der Waals surface area contributed by atoms with Gasteiger partial charge in [0.05, 0.1) is 11.2 Å². The average Bonchev–Trinajstić information content (AvgIpc) is 2.77. The Bertz CT molecular complexity index is 1080. The molecule has 138 valence electrons. The van der Waals surface area contributed by atoms with Crippen LogP contribution in [-0.2, 0) is 13.2 Å². The van der Waals surface area contributed by atoms with Crippen molar-refractivity contribution < 1.29 is 9.53 Å². The molecule has 4 aromatic rings. The van der Waals surface area contributed by atoms with Gasteiger partial charge in [-0.3, -0.25) is 9.78 Å². The molecule has 0 fully saturated rings. The maximum Gasteiger partial charge on any atom is 0.251 e. The molecule has 0 radical (unpaired) electrons. The summed E-state index contributed by atoms with van der Waals surface area (Å²) in [4.78, 5) is 20.8. The van der Waals surface area contributed by atoms with Crippen molar-refractivity contribution in [2.45, 2.75) is 13.2 Å². The fraction of sp³-hybridized carbons (Fsp3) is 0.0870. The molecule has 2 heterocycles. The summed E-state index contributed by atoms with van der Waals surface area (Å²) in [7, 11) is 0. The molecule has 0 saturated heterocycles. The van der Waals surface area contributed by atoms with Gasteiger partial charge in [-0.2, -0.15) is 0 Å². The molecular formula is C23H19N3O2. The van der Waals surface area contributed by atoms with Gasteiger partial charge < -0.3 is 10.1 Å². The molecule has 5 heteroatoms. The van der Waals surface area contributed by atoms with E-state index >= 15 is 0 Å². The second kappa shape index (κ2) is 8.31. The number of pyridine rings is 2. The molecule has 4 rings (SSSR count). The van der Waals surface area contributed by atoms with Crippen LogP contribution in [0, 0.1) is 0 Å². The molecule has 2 aromatic heterocycles. The lowest BCUT2D eigenvalue weighted by atomic mass is 10.2. The van der Waals surface area contributed by atoms with Crippen LogP contribution in [0.15, 0.2) is 85.2 Å². The first-order valence-electron chi connectivity index (χ1n) is 9.02. The van der Waals surface area contributed by atoms with Gasteiger partial charge in [0.25, 0.3) is 5.91 Å². The van der Waals surface area contributed by atoms with Crippen molar-refractivity contribution in [3.8, 4) is 5.75 Å². The van der Waals surface area contributed by atoms with Crippen molar-refractivity contribution in [3.05, 3.63) is 102 Å². The Morgan fingerprint density at radius 1 is 0.893 bits per heavy atom. The second-order valence-electron chi connectivity index (χ2n) is 6.35. The molecule has 0 bridgehead atoms. The molecule has 5 nitrogen and oxygen atoms in total. The highest BCUT2D eigenvalue weighted by molar-refractivity contribution is 5.94. The van der Waals surface area contributed by atoms with E-state index in [9.17, 15) is 4.79 Å². The number of para-hydroxylation sites is 1. The van der Waals surface area contributed by atoms with E-state index < -0.39 is 0 Å². The minimum Gasteiger partial charge on any atom is -0.487 e. The first-order valence-corrected chi connectivity index (χ1v) is 9.02. The van der Waals surface area contributed by atoms with Gasteiger partial charge in [-0.05, 0) is 54.1 Å². The number of aromatic nitrogens is 2. The first kappa shape index (κ1) is 17.7. The zero-order valence-electron chi connectivity index (χ0n) is 15.2. The number of carbonyl (C=O) groups excluding carboxylic acids is 1. The number of ether oxygens (including phenoxy) is 1. The summed E-state index contributed by atoms with van der Waals surface area (Å²) in [5.74, 6) is 0.570. The van der Waals surface area contributed by atoms with Crippen LogP contribution in [0.25, 0.3) is 10.9 Å². The number of benzene rings is 2. The summed E-state index contributed by atoms with van der Waals surface area (Å²) < 4.78 is 5.80. The Balaban J connectivity index is 1.34. The minimum atomic E-state index is -0.125. The van der Waals surface area contributed by atoms with Gasteiger partial charge in [0, 0.05) is 29.9 Å². The quantitative estimate of drug-likeness (QED) is 0.555. The van der Waals surface area contributed by atoms with Crippen LogP contribution in [-0.4, -0.2) is 15.9 Å². The van der Waals surface area contributed by atoms with Crippen molar-refractivity contribution in [1.82, 2.24) is 15.3 Å². The van der Waals surface area contributed by atoms with Crippen LogP contribution in [0.1, 0.15) is 21.6 Å². The van der Waals surface area contributed by atoms with Gasteiger partial charge in [0.2, 0.25) is 0 Å². The average molecular weight is 369 g/mol. The molecule has 0 atom stereocenters. The maximum atomic E-state index is 12.3. The third-order valence-electron chi connectivity index (χ3n) is 4.36. The topological polar surface area (TPSA) is 64.1 Å². The molecule has 0 aliphatic carbocycles. The standard InChI is InChI=1S/C23H19N3O2/c27-23(25-15-17-11-13-24-14-12-17)19-6-9-21(10-7-19)28-16-20-8-5-18-3-1-2-4-22(18)26-20/h1-14H,15-16H2,(H,25,27). The van der Waals surface area contributed by atoms with Crippen LogP contribution in [0.5, 0.6) is 5.75 Å². The van der Waals surface area contributed by atoms with Crippen LogP contribution in [0.4, 0.5) is 0 Å². The lowest BCUT2D eigenvalue weighted by Crippen LogP contribution is -2.22. The molecule has 2 aromatic carbocycles. The van der Waals surface area contributed by atoms with Gasteiger partial charge >= 0.3 is 0 Å². The Morgan fingerprint density at radius 2 is 1.68 bits per heavy atom. The predicted octanol–water partition coefficient (Wildman–Crippen LogP) is 4.14. The highest BCUT2D eigenvalue weighted by Crippen LogP contribution is 2.16. The summed E-state index contributed by atoms with van der Waals surface area (Å²) in [6, 6.07) is 22.8. The van der Waals surface area contributed by atoms with E-state index in [-0.39, 0.29) is 5.91 Å². The largest absolute Gasteiger partial charge is 0.487 e. The number of carbonyl (C=O) groups is 1. The number of fused-ring (bicyclic) bond motifs is 1. The van der Waals surface area contributed by atoms with Crippen LogP contribution in [0.3, 0.4) is 0 Å². The van der Waals surface area contributed by atoms with Crippen molar-refractivity contribution >= 4 is 16.8 Å². The zero-order valence-corrected chi connectivity index (χ0v) is 15.2. The van der Waals surface area contributed by atoms with Crippen LogP contribution in [0.2, 0.25) is 0 Å². The number of nitrogens with one attached hydrogen (secondary N) is 1. The maximum absolute atomic E-state index is 12.3. The van der Waals surface area contributed by atoms with Gasteiger partial charge in [0.15, 0.2) is 0 Å². The van der Waals surface area contributed by atoms with E-state index in [1.165, 1.54) is 0 Å².